The van der Waals surface area contributed by atoms with Crippen LogP contribution in [0.4, 0.5) is 9.59 Å². The summed E-state index contributed by atoms with van der Waals surface area (Å²) < 4.78 is 0. The molecule has 5 N–H and O–H groups in total. The number of phenolic OH excluding ortho intramolecular Hbond substituents is 1. The lowest BCUT2D eigenvalue weighted by molar-refractivity contribution is -0.121. The predicted molar refractivity (Wildman–Crippen MR) is 78.3 cm³/mol. The van der Waals surface area contributed by atoms with E-state index in [1.54, 1.807) is 18.2 Å². The maximum absolute atomic E-state index is 11.8. The number of amides is 5. The Morgan fingerprint density at radius 1 is 1.30 bits per heavy atom. The number of para-hydroxylation sites is 1. The van der Waals surface area contributed by atoms with Gasteiger partial charge < -0.3 is 21.1 Å². The number of aromatic hydroxyl groups is 1. The monoisotopic (exact) mass is 318 g/mol. The fourth-order valence-corrected chi connectivity index (χ4v) is 2.33. The lowest BCUT2D eigenvalue weighted by atomic mass is 10.2. The third kappa shape index (κ3) is 3.00. The summed E-state index contributed by atoms with van der Waals surface area (Å²) in [4.78, 5) is 36.0. The van der Waals surface area contributed by atoms with Crippen molar-refractivity contribution in [3.8, 4) is 5.75 Å². The Balaban J connectivity index is 1.56. The standard InChI is InChI=1S/C13H14N6O4/c20-8-4-2-1-3-7(8)5-14-18-9(21)6-19-11-10(16-13(19)23)15-12(22)17-11/h1-5,10-11,20H,6H2,(H,16,23)(H,18,21)(H2,15,17,22)/b14-5-/t10-,11-/m0/s1. The molecule has 2 aliphatic heterocycles. The van der Waals surface area contributed by atoms with E-state index in [2.05, 4.69) is 26.5 Å². The van der Waals surface area contributed by atoms with Gasteiger partial charge in [-0.2, -0.15) is 5.10 Å². The molecule has 5 amide bonds. The number of hydrazone groups is 1. The number of benzene rings is 1. The van der Waals surface area contributed by atoms with Gasteiger partial charge in [0, 0.05) is 5.56 Å². The van der Waals surface area contributed by atoms with Gasteiger partial charge in [0.2, 0.25) is 0 Å². The van der Waals surface area contributed by atoms with Crippen LogP contribution in [0.1, 0.15) is 5.56 Å². The van der Waals surface area contributed by atoms with Gasteiger partial charge >= 0.3 is 12.1 Å². The SMILES string of the molecule is O=C(CN1C(=O)N[C@@H]2NC(=O)N[C@H]21)N/N=C\c1ccccc1O. The molecule has 2 heterocycles. The molecule has 10 nitrogen and oxygen atoms in total. The van der Waals surface area contributed by atoms with Gasteiger partial charge in [-0.25, -0.2) is 15.0 Å². The van der Waals surface area contributed by atoms with E-state index in [9.17, 15) is 19.5 Å². The van der Waals surface area contributed by atoms with Gasteiger partial charge in [0.15, 0.2) is 0 Å². The minimum atomic E-state index is -0.622. The zero-order valence-corrected chi connectivity index (χ0v) is 11.8. The van der Waals surface area contributed by atoms with E-state index >= 15 is 0 Å². The number of nitrogens with one attached hydrogen (secondary N) is 4. The van der Waals surface area contributed by atoms with E-state index in [1.807, 2.05) is 0 Å². The van der Waals surface area contributed by atoms with Gasteiger partial charge in [-0.1, -0.05) is 12.1 Å². The van der Waals surface area contributed by atoms with Gasteiger partial charge in [0.05, 0.1) is 6.21 Å². The molecule has 120 valence electrons. The van der Waals surface area contributed by atoms with Gasteiger partial charge in [0.1, 0.15) is 24.6 Å². The Morgan fingerprint density at radius 3 is 2.87 bits per heavy atom. The molecule has 10 heteroatoms. The molecule has 23 heavy (non-hydrogen) atoms. The average molecular weight is 318 g/mol. The fourth-order valence-electron chi connectivity index (χ4n) is 2.33. The van der Waals surface area contributed by atoms with Crippen LogP contribution in [0.3, 0.4) is 0 Å². The van der Waals surface area contributed by atoms with Crippen molar-refractivity contribution < 1.29 is 19.5 Å². The Labute approximate surface area is 130 Å². The highest BCUT2D eigenvalue weighted by atomic mass is 16.3. The third-order valence-corrected chi connectivity index (χ3v) is 3.40. The first-order valence-corrected chi connectivity index (χ1v) is 6.78. The Kier molecular flexibility index (Phi) is 3.71. The van der Waals surface area contributed by atoms with Crippen molar-refractivity contribution in [3.05, 3.63) is 29.8 Å². The van der Waals surface area contributed by atoms with Crippen LogP contribution in [-0.4, -0.2) is 53.1 Å². The van der Waals surface area contributed by atoms with Crippen molar-refractivity contribution in [1.82, 2.24) is 26.3 Å². The molecule has 2 aliphatic rings. The lowest BCUT2D eigenvalue weighted by Crippen LogP contribution is -2.47. The highest BCUT2D eigenvalue weighted by Gasteiger charge is 2.45. The summed E-state index contributed by atoms with van der Waals surface area (Å²) in [5.41, 5.74) is 2.71. The maximum Gasteiger partial charge on any atom is 0.321 e. The van der Waals surface area contributed by atoms with Crippen LogP contribution in [0.25, 0.3) is 0 Å². The second-order valence-corrected chi connectivity index (χ2v) is 4.97. The zero-order valence-electron chi connectivity index (χ0n) is 11.8. The molecule has 2 atom stereocenters. The lowest BCUT2D eigenvalue weighted by Gasteiger charge is -2.19. The van der Waals surface area contributed by atoms with Crippen molar-refractivity contribution in [3.63, 3.8) is 0 Å². The van der Waals surface area contributed by atoms with E-state index in [0.717, 1.165) is 0 Å². The van der Waals surface area contributed by atoms with Crippen molar-refractivity contribution in [2.75, 3.05) is 6.54 Å². The van der Waals surface area contributed by atoms with Gasteiger partial charge in [-0.05, 0) is 12.1 Å². The molecule has 0 radical (unpaired) electrons. The van der Waals surface area contributed by atoms with E-state index < -0.39 is 30.3 Å². The van der Waals surface area contributed by atoms with E-state index in [0.29, 0.717) is 5.56 Å². The zero-order chi connectivity index (χ0) is 16.4. The normalized spacial score (nSPS) is 22.5. The summed E-state index contributed by atoms with van der Waals surface area (Å²) in [6, 6.07) is 5.62. The molecule has 2 saturated heterocycles. The van der Waals surface area contributed by atoms with Crippen LogP contribution in [-0.2, 0) is 4.79 Å². The molecule has 2 fully saturated rings. The molecule has 3 rings (SSSR count). The summed E-state index contributed by atoms with van der Waals surface area (Å²) in [6.07, 6.45) is 0.106. The van der Waals surface area contributed by atoms with Crippen LogP contribution in [0.5, 0.6) is 5.75 Å². The Morgan fingerprint density at radius 2 is 2.09 bits per heavy atom. The number of phenols is 1. The van der Waals surface area contributed by atoms with Gasteiger partial charge in [-0.15, -0.1) is 0 Å². The van der Waals surface area contributed by atoms with Crippen LogP contribution in [0.2, 0.25) is 0 Å². The molecular formula is C13H14N6O4. The molecule has 0 bridgehead atoms. The van der Waals surface area contributed by atoms with Gasteiger partial charge in [0.25, 0.3) is 5.91 Å². The minimum absolute atomic E-state index is 0.0343. The molecule has 0 aliphatic carbocycles. The maximum atomic E-state index is 11.8. The third-order valence-electron chi connectivity index (χ3n) is 3.40. The number of urea groups is 2. The van der Waals surface area contributed by atoms with E-state index in [1.165, 1.54) is 17.2 Å². The topological polar surface area (TPSA) is 135 Å². The van der Waals surface area contributed by atoms with Crippen LogP contribution >= 0.6 is 0 Å². The molecule has 0 unspecified atom stereocenters. The Bertz CT molecular complexity index is 691. The highest BCUT2D eigenvalue weighted by molar-refractivity contribution is 5.89. The first-order valence-electron chi connectivity index (χ1n) is 6.78. The van der Waals surface area contributed by atoms with Crippen molar-refractivity contribution in [2.24, 2.45) is 5.10 Å². The van der Waals surface area contributed by atoms with Crippen LogP contribution < -0.4 is 21.4 Å². The summed E-state index contributed by atoms with van der Waals surface area (Å²) in [7, 11) is 0. The van der Waals surface area contributed by atoms with Crippen molar-refractivity contribution >= 4 is 24.2 Å². The predicted octanol–water partition coefficient (Wildman–Crippen LogP) is -1.17. The van der Waals surface area contributed by atoms with Crippen LogP contribution in [0.15, 0.2) is 29.4 Å². The smallest absolute Gasteiger partial charge is 0.321 e. The second kappa shape index (κ2) is 5.83. The highest BCUT2D eigenvalue weighted by Crippen LogP contribution is 2.14. The first-order chi connectivity index (χ1) is 11.0. The van der Waals surface area contributed by atoms with E-state index in [-0.39, 0.29) is 12.3 Å². The minimum Gasteiger partial charge on any atom is -0.507 e. The number of carbonyl (C=O) groups is 3. The van der Waals surface area contributed by atoms with E-state index in [4.69, 9.17) is 0 Å². The summed E-state index contributed by atoms with van der Waals surface area (Å²) in [5, 5.41) is 20.9. The Hall–Kier alpha value is -3.30. The van der Waals surface area contributed by atoms with Crippen molar-refractivity contribution in [2.45, 2.75) is 12.3 Å². The van der Waals surface area contributed by atoms with Gasteiger partial charge in [-0.3, -0.25) is 9.69 Å². The largest absolute Gasteiger partial charge is 0.507 e. The molecule has 1 aromatic rings. The average Bonchev–Trinajstić information content (AvgIpc) is 2.98. The molecular weight excluding hydrogens is 304 g/mol. The second-order valence-electron chi connectivity index (χ2n) is 4.97. The molecule has 1 aromatic carbocycles. The summed E-state index contributed by atoms with van der Waals surface area (Å²) >= 11 is 0. The first kappa shape index (κ1) is 14.6. The number of nitrogens with zero attached hydrogens (tertiary/aromatic N) is 2. The van der Waals surface area contributed by atoms with Crippen LogP contribution in [0, 0.1) is 0 Å². The number of fused-ring (bicyclic) bond motifs is 1. The molecule has 0 saturated carbocycles. The fraction of sp³-hybridized carbons (Fsp3) is 0.231. The van der Waals surface area contributed by atoms with Crippen molar-refractivity contribution in [1.29, 1.82) is 0 Å². The number of carbonyl (C=O) groups excluding carboxylic acids is 3. The molecule has 0 spiro atoms. The number of rotatable bonds is 4. The molecule has 0 aromatic heterocycles. The quantitative estimate of drug-likeness (QED) is 0.353. The summed E-state index contributed by atoms with van der Waals surface area (Å²) in [6.45, 7) is -0.271. The number of hydrogen-bond acceptors (Lipinski definition) is 5. The number of hydrogen-bond donors (Lipinski definition) is 5. The summed E-state index contributed by atoms with van der Waals surface area (Å²) in [5.74, 6) is -0.499.